The Balaban J connectivity index is 2.91. The van der Waals surface area contributed by atoms with Crippen molar-refractivity contribution in [1.29, 1.82) is 0 Å². The summed E-state index contributed by atoms with van der Waals surface area (Å²) in [6.07, 6.45) is 14.9. The zero-order valence-electron chi connectivity index (χ0n) is 15.0. The van der Waals surface area contributed by atoms with Gasteiger partial charge in [-0.1, -0.05) is 54.9 Å². The summed E-state index contributed by atoms with van der Waals surface area (Å²) in [5, 5.41) is 0. The largest absolute Gasteiger partial charge is 0.299 e. The van der Waals surface area contributed by atoms with Crippen LogP contribution in [0.4, 0.5) is 0 Å². The maximum atomic E-state index is 10.5. The van der Waals surface area contributed by atoms with Gasteiger partial charge in [0, 0.05) is 0 Å². The van der Waals surface area contributed by atoms with Crippen molar-refractivity contribution in [3.05, 3.63) is 58.2 Å². The molecule has 1 aliphatic rings. The van der Waals surface area contributed by atoms with Crippen LogP contribution in [0.1, 0.15) is 60.8 Å². The normalized spacial score (nSPS) is 20.7. The molecule has 0 saturated heterocycles. The number of carbonyl (C=O) groups is 1. The van der Waals surface area contributed by atoms with E-state index < -0.39 is 0 Å². The first kappa shape index (κ1) is 18.4. The number of rotatable bonds is 5. The van der Waals surface area contributed by atoms with E-state index in [9.17, 15) is 4.79 Å². The Morgan fingerprint density at radius 2 is 1.68 bits per heavy atom. The van der Waals surface area contributed by atoms with Crippen molar-refractivity contribution >= 4 is 6.29 Å². The summed E-state index contributed by atoms with van der Waals surface area (Å²) >= 11 is 0. The number of hydrogen-bond donors (Lipinski definition) is 0. The van der Waals surface area contributed by atoms with Crippen LogP contribution in [0.25, 0.3) is 0 Å². The number of aldehydes is 1. The van der Waals surface area contributed by atoms with Crippen molar-refractivity contribution in [3.63, 3.8) is 0 Å². The van der Waals surface area contributed by atoms with Crippen molar-refractivity contribution in [1.82, 2.24) is 0 Å². The van der Waals surface area contributed by atoms with Crippen molar-refractivity contribution in [3.8, 4) is 0 Å². The van der Waals surface area contributed by atoms with Gasteiger partial charge < -0.3 is 0 Å². The Kier molecular flexibility index (Phi) is 6.80. The molecule has 1 nitrogen and oxygen atoms in total. The first-order valence-corrected chi connectivity index (χ1v) is 8.13. The van der Waals surface area contributed by atoms with Crippen LogP contribution in [0.2, 0.25) is 0 Å². The van der Waals surface area contributed by atoms with Crippen LogP contribution < -0.4 is 0 Å². The molecule has 0 spiro atoms. The summed E-state index contributed by atoms with van der Waals surface area (Å²) in [5.41, 5.74) is 6.67. The summed E-state index contributed by atoms with van der Waals surface area (Å²) in [5.74, 6) is 0. The highest BCUT2D eigenvalue weighted by atomic mass is 16.1. The lowest BCUT2D eigenvalue weighted by Crippen LogP contribution is -2.19. The van der Waals surface area contributed by atoms with Crippen LogP contribution in [0.3, 0.4) is 0 Å². The molecule has 22 heavy (non-hydrogen) atoms. The van der Waals surface area contributed by atoms with E-state index in [2.05, 4.69) is 52.8 Å². The fraction of sp³-hybridized carbons (Fsp3) is 0.476. The van der Waals surface area contributed by atoms with Gasteiger partial charge in [-0.15, -0.1) is 0 Å². The van der Waals surface area contributed by atoms with E-state index in [0.717, 1.165) is 17.4 Å². The van der Waals surface area contributed by atoms with E-state index in [1.54, 1.807) is 6.08 Å². The Bertz CT molecular complexity index is 563. The minimum atomic E-state index is 0.285. The van der Waals surface area contributed by atoms with Crippen molar-refractivity contribution < 1.29 is 4.79 Å². The molecule has 0 N–H and O–H groups in total. The van der Waals surface area contributed by atoms with Gasteiger partial charge >= 0.3 is 0 Å². The van der Waals surface area contributed by atoms with Gasteiger partial charge in [-0.2, -0.15) is 0 Å². The van der Waals surface area contributed by atoms with Crippen LogP contribution in [0.15, 0.2) is 58.2 Å². The summed E-state index contributed by atoms with van der Waals surface area (Å²) in [4.78, 5) is 10.5. The van der Waals surface area contributed by atoms with E-state index in [-0.39, 0.29) is 5.41 Å². The van der Waals surface area contributed by atoms with Gasteiger partial charge in [0.1, 0.15) is 6.29 Å². The molecule has 1 rings (SSSR count). The molecule has 1 heteroatoms. The molecule has 0 aromatic carbocycles. The van der Waals surface area contributed by atoms with Gasteiger partial charge in [0.2, 0.25) is 0 Å². The van der Waals surface area contributed by atoms with Gasteiger partial charge in [-0.25, -0.2) is 0 Å². The zero-order chi connectivity index (χ0) is 16.8. The molecule has 0 atom stereocenters. The van der Waals surface area contributed by atoms with E-state index in [0.29, 0.717) is 0 Å². The summed E-state index contributed by atoms with van der Waals surface area (Å²) in [7, 11) is 0. The average molecular weight is 298 g/mol. The molecule has 1 aliphatic carbocycles. The van der Waals surface area contributed by atoms with Crippen molar-refractivity contribution in [2.45, 2.75) is 60.8 Å². The van der Waals surface area contributed by atoms with Gasteiger partial charge in [-0.3, -0.25) is 4.79 Å². The topological polar surface area (TPSA) is 17.1 Å². The smallest absolute Gasteiger partial charge is 0.143 e. The predicted molar refractivity (Wildman–Crippen MR) is 96.8 cm³/mol. The Morgan fingerprint density at radius 3 is 2.27 bits per heavy atom. The van der Waals surface area contributed by atoms with E-state index >= 15 is 0 Å². The van der Waals surface area contributed by atoms with Crippen molar-refractivity contribution in [2.75, 3.05) is 0 Å². The monoisotopic (exact) mass is 298 g/mol. The first-order chi connectivity index (χ1) is 10.3. The van der Waals surface area contributed by atoms with E-state index in [1.165, 1.54) is 36.0 Å². The third-order valence-corrected chi connectivity index (χ3v) is 4.30. The quantitative estimate of drug-likeness (QED) is 0.340. The summed E-state index contributed by atoms with van der Waals surface area (Å²) in [6.45, 7) is 13.1. The van der Waals surface area contributed by atoms with Gasteiger partial charge in [0.25, 0.3) is 0 Å². The van der Waals surface area contributed by atoms with Crippen LogP contribution in [-0.4, -0.2) is 6.29 Å². The molecule has 0 unspecified atom stereocenters. The molecule has 0 fully saturated rings. The molecule has 0 aromatic rings. The second-order valence-corrected chi connectivity index (χ2v) is 7.09. The lowest BCUT2D eigenvalue weighted by molar-refractivity contribution is -0.104. The number of hydrogen-bond acceptors (Lipinski definition) is 1. The second-order valence-electron chi connectivity index (χ2n) is 7.09. The third-order valence-electron chi connectivity index (χ3n) is 4.30. The highest BCUT2D eigenvalue weighted by molar-refractivity contribution is 5.67. The van der Waals surface area contributed by atoms with Crippen LogP contribution in [0, 0.1) is 5.41 Å². The maximum Gasteiger partial charge on any atom is 0.143 e. The van der Waals surface area contributed by atoms with Crippen molar-refractivity contribution in [2.24, 2.45) is 5.41 Å². The zero-order valence-corrected chi connectivity index (χ0v) is 15.0. The maximum absolute atomic E-state index is 10.5. The number of carbonyl (C=O) groups excluding carboxylic acids is 1. The first-order valence-electron chi connectivity index (χ1n) is 8.13. The van der Waals surface area contributed by atoms with Gasteiger partial charge in [0.05, 0.1) is 0 Å². The van der Waals surface area contributed by atoms with Crippen LogP contribution >= 0.6 is 0 Å². The minimum absolute atomic E-state index is 0.285. The molecular weight excluding hydrogens is 268 g/mol. The lowest BCUT2D eigenvalue weighted by atomic mass is 9.72. The minimum Gasteiger partial charge on any atom is -0.299 e. The Morgan fingerprint density at radius 1 is 1.05 bits per heavy atom. The van der Waals surface area contributed by atoms with Gasteiger partial charge in [0.15, 0.2) is 0 Å². The molecule has 0 radical (unpaired) electrons. The Hall–Kier alpha value is -1.63. The number of allylic oxidation sites excluding steroid dienone is 10. The second kappa shape index (κ2) is 8.12. The predicted octanol–water partition coefficient (Wildman–Crippen LogP) is 6.11. The molecule has 0 aliphatic heterocycles. The van der Waals surface area contributed by atoms with Crippen LogP contribution in [-0.2, 0) is 4.79 Å². The fourth-order valence-electron chi connectivity index (χ4n) is 3.19. The third kappa shape index (κ3) is 5.63. The lowest BCUT2D eigenvalue weighted by Gasteiger charge is -2.32. The standard InChI is InChI=1S/C21H30O/c1-16(14-18(3)15-17(2)11-13-22)9-10-20-19(4)8-7-12-21(20,5)6/h9-11,13-15H,7-8,12H2,1-6H3/b10-9+,16-14+,17-11+,18-15-. The molecule has 0 heterocycles. The molecule has 120 valence electrons. The summed E-state index contributed by atoms with van der Waals surface area (Å²) in [6, 6.07) is 0. The highest BCUT2D eigenvalue weighted by Crippen LogP contribution is 2.40. The Labute approximate surface area is 136 Å². The summed E-state index contributed by atoms with van der Waals surface area (Å²) < 4.78 is 0. The van der Waals surface area contributed by atoms with Crippen LogP contribution in [0.5, 0.6) is 0 Å². The molecule has 0 saturated carbocycles. The molecule has 0 bridgehead atoms. The van der Waals surface area contributed by atoms with Gasteiger partial charge in [-0.05, 0) is 69.6 Å². The molecule has 0 amide bonds. The van der Waals surface area contributed by atoms with E-state index in [4.69, 9.17) is 0 Å². The SMILES string of the molecule is CC1=C(/C=C/C(C)=C/C(C)=C\C(C)=C\C=O)C(C)(C)CCC1. The molecular formula is C21H30O. The average Bonchev–Trinajstić information content (AvgIpc) is 2.37. The fourth-order valence-corrected chi connectivity index (χ4v) is 3.19. The molecule has 0 aromatic heterocycles. The highest BCUT2D eigenvalue weighted by Gasteiger charge is 2.26. The van der Waals surface area contributed by atoms with E-state index in [1.807, 2.05) is 13.0 Å².